The van der Waals surface area contributed by atoms with E-state index in [4.69, 9.17) is 4.42 Å². The first-order valence-electron chi connectivity index (χ1n) is 11.7. The molecule has 6 nitrogen and oxygen atoms in total. The van der Waals surface area contributed by atoms with Gasteiger partial charge < -0.3 is 13.9 Å². The Bertz CT molecular complexity index is 1410. The molecular weight excluding hydrogens is 426 g/mol. The van der Waals surface area contributed by atoms with Crippen molar-refractivity contribution in [2.45, 2.75) is 52.1 Å². The second-order valence-electron chi connectivity index (χ2n) is 10.1. The van der Waals surface area contributed by atoms with E-state index in [1.807, 2.05) is 42.0 Å². The Balaban J connectivity index is 1.60. The molecule has 0 radical (unpaired) electrons. The van der Waals surface area contributed by atoms with Gasteiger partial charge in [-0.1, -0.05) is 56.7 Å². The Hall–Kier alpha value is -3.67. The van der Waals surface area contributed by atoms with Gasteiger partial charge in [0.2, 0.25) is 5.76 Å². The minimum atomic E-state index is -0.472. The number of hydrogen-bond donors (Lipinski definition) is 0. The minimum absolute atomic E-state index is 0.0131. The van der Waals surface area contributed by atoms with Crippen molar-refractivity contribution in [2.24, 2.45) is 0 Å². The van der Waals surface area contributed by atoms with Crippen molar-refractivity contribution >= 4 is 16.9 Å². The van der Waals surface area contributed by atoms with E-state index in [0.717, 1.165) is 24.1 Å². The zero-order valence-corrected chi connectivity index (χ0v) is 20.0. The summed E-state index contributed by atoms with van der Waals surface area (Å²) in [6.45, 7) is 9.69. The molecule has 0 bridgehead atoms. The average molecular weight is 456 g/mol. The van der Waals surface area contributed by atoms with Crippen molar-refractivity contribution in [3.05, 3.63) is 99.4 Å². The second-order valence-corrected chi connectivity index (χ2v) is 10.1. The van der Waals surface area contributed by atoms with Gasteiger partial charge in [-0.05, 0) is 42.0 Å². The van der Waals surface area contributed by atoms with Crippen LogP contribution in [-0.4, -0.2) is 26.9 Å². The molecule has 2 aromatic carbocycles. The van der Waals surface area contributed by atoms with Crippen LogP contribution in [0.5, 0.6) is 0 Å². The van der Waals surface area contributed by atoms with E-state index in [-0.39, 0.29) is 22.5 Å². The van der Waals surface area contributed by atoms with Crippen molar-refractivity contribution in [3.63, 3.8) is 0 Å². The fourth-order valence-corrected chi connectivity index (χ4v) is 4.72. The van der Waals surface area contributed by atoms with Gasteiger partial charge >= 0.3 is 0 Å². The highest BCUT2D eigenvalue weighted by atomic mass is 16.3. The minimum Gasteiger partial charge on any atom is -0.450 e. The van der Waals surface area contributed by atoms with Crippen LogP contribution in [0.25, 0.3) is 11.0 Å². The van der Waals surface area contributed by atoms with Gasteiger partial charge in [0.05, 0.1) is 23.3 Å². The van der Waals surface area contributed by atoms with Crippen LogP contribution in [0.15, 0.2) is 70.4 Å². The predicted molar refractivity (Wildman–Crippen MR) is 132 cm³/mol. The Morgan fingerprint density at radius 3 is 2.47 bits per heavy atom. The fourth-order valence-electron chi connectivity index (χ4n) is 4.72. The highest BCUT2D eigenvalue weighted by Crippen LogP contribution is 2.39. The summed E-state index contributed by atoms with van der Waals surface area (Å²) in [5.41, 5.74) is 3.87. The lowest BCUT2D eigenvalue weighted by atomic mass is 9.86. The normalized spacial score (nSPS) is 15.8. The highest BCUT2D eigenvalue weighted by molar-refractivity contribution is 5.99. The van der Waals surface area contributed by atoms with E-state index < -0.39 is 6.04 Å². The van der Waals surface area contributed by atoms with E-state index in [2.05, 4.69) is 37.9 Å². The lowest BCUT2D eigenvalue weighted by molar-refractivity contribution is 0.0723. The molecule has 5 rings (SSSR count). The van der Waals surface area contributed by atoms with Crippen LogP contribution >= 0.6 is 0 Å². The molecule has 0 saturated carbocycles. The Labute approximate surface area is 198 Å². The number of benzene rings is 2. The summed E-state index contributed by atoms with van der Waals surface area (Å²) < 4.78 is 8.05. The lowest BCUT2D eigenvalue weighted by Gasteiger charge is -2.26. The van der Waals surface area contributed by atoms with Crippen LogP contribution in [0.1, 0.15) is 66.0 Å². The summed E-state index contributed by atoms with van der Waals surface area (Å²) in [6.07, 6.45) is 6.15. The van der Waals surface area contributed by atoms with Crippen LogP contribution in [0.2, 0.25) is 0 Å². The number of carbonyl (C=O) groups is 1. The van der Waals surface area contributed by atoms with Crippen molar-refractivity contribution in [1.29, 1.82) is 0 Å². The van der Waals surface area contributed by atoms with Gasteiger partial charge in [0.15, 0.2) is 5.43 Å². The van der Waals surface area contributed by atoms with E-state index in [1.165, 1.54) is 5.56 Å². The van der Waals surface area contributed by atoms with Gasteiger partial charge in [-0.15, -0.1) is 0 Å². The SMILES string of the molecule is Cc1ccc2oc3c(c(=O)c2c1)C(c1ccc(C(C)(C)C)cc1)N(CCCn1ccnc1)C3=O. The molecule has 0 saturated heterocycles. The zero-order chi connectivity index (χ0) is 24.0. The molecule has 4 aromatic rings. The van der Waals surface area contributed by atoms with Gasteiger partial charge in [0, 0.05) is 25.5 Å². The fraction of sp³-hybridized carbons (Fsp3) is 0.321. The first-order valence-corrected chi connectivity index (χ1v) is 11.7. The number of fused-ring (bicyclic) bond motifs is 2. The summed E-state index contributed by atoms with van der Waals surface area (Å²) in [4.78, 5) is 33.1. The van der Waals surface area contributed by atoms with Crippen molar-refractivity contribution in [1.82, 2.24) is 14.5 Å². The number of amides is 1. The highest BCUT2D eigenvalue weighted by Gasteiger charge is 2.42. The largest absolute Gasteiger partial charge is 0.450 e. The third-order valence-electron chi connectivity index (χ3n) is 6.59. The molecule has 1 unspecified atom stereocenters. The summed E-state index contributed by atoms with van der Waals surface area (Å²) in [6, 6.07) is 13.3. The molecule has 6 heteroatoms. The topological polar surface area (TPSA) is 68.3 Å². The molecule has 0 spiro atoms. The predicted octanol–water partition coefficient (Wildman–Crippen LogP) is 5.23. The maximum absolute atomic E-state index is 13.7. The Morgan fingerprint density at radius 1 is 1.03 bits per heavy atom. The molecule has 1 amide bonds. The van der Waals surface area contributed by atoms with Gasteiger partial charge in [0.25, 0.3) is 5.91 Å². The van der Waals surface area contributed by atoms with Crippen molar-refractivity contribution in [2.75, 3.05) is 6.54 Å². The first-order chi connectivity index (χ1) is 16.2. The van der Waals surface area contributed by atoms with Crippen LogP contribution < -0.4 is 5.43 Å². The molecule has 1 aliphatic rings. The van der Waals surface area contributed by atoms with E-state index in [9.17, 15) is 9.59 Å². The Kier molecular flexibility index (Phi) is 5.39. The molecule has 1 aliphatic heterocycles. The van der Waals surface area contributed by atoms with Crippen LogP contribution in [0.3, 0.4) is 0 Å². The number of aromatic nitrogens is 2. The van der Waals surface area contributed by atoms with Crippen LogP contribution in [0, 0.1) is 6.92 Å². The van der Waals surface area contributed by atoms with Crippen molar-refractivity contribution in [3.8, 4) is 0 Å². The molecule has 174 valence electrons. The zero-order valence-electron chi connectivity index (χ0n) is 20.0. The van der Waals surface area contributed by atoms with Gasteiger partial charge in [0.1, 0.15) is 5.58 Å². The van der Waals surface area contributed by atoms with Gasteiger partial charge in [-0.3, -0.25) is 9.59 Å². The Morgan fingerprint density at radius 2 is 1.79 bits per heavy atom. The smallest absolute Gasteiger partial charge is 0.290 e. The third kappa shape index (κ3) is 3.83. The molecular formula is C28H29N3O3. The molecule has 3 heterocycles. The lowest BCUT2D eigenvalue weighted by Crippen LogP contribution is -2.31. The van der Waals surface area contributed by atoms with Gasteiger partial charge in [-0.25, -0.2) is 4.98 Å². The summed E-state index contributed by atoms with van der Waals surface area (Å²) >= 11 is 0. The number of hydrogen-bond acceptors (Lipinski definition) is 4. The summed E-state index contributed by atoms with van der Waals surface area (Å²) in [5, 5.41) is 0.517. The number of imidazole rings is 1. The number of rotatable bonds is 5. The van der Waals surface area contributed by atoms with Crippen LogP contribution in [0.4, 0.5) is 0 Å². The standard InChI is InChI=1S/C28H29N3O3/c1-18-6-11-22-21(16-18)25(32)23-24(19-7-9-20(10-8-19)28(2,3)4)31(27(33)26(23)34-22)14-5-13-30-15-12-29-17-30/h6-12,15-17,24H,5,13-14H2,1-4H3. The quantitative estimate of drug-likeness (QED) is 0.413. The average Bonchev–Trinajstić information content (AvgIpc) is 3.41. The summed E-state index contributed by atoms with van der Waals surface area (Å²) in [5.74, 6) is -0.0704. The van der Waals surface area contributed by atoms with E-state index >= 15 is 0 Å². The maximum atomic E-state index is 13.7. The van der Waals surface area contributed by atoms with E-state index in [0.29, 0.717) is 23.1 Å². The number of carbonyl (C=O) groups excluding carboxylic acids is 1. The number of aryl methyl sites for hydroxylation is 2. The first kappa shape index (κ1) is 22.1. The molecule has 1 atom stereocenters. The third-order valence-corrected chi connectivity index (χ3v) is 6.59. The molecule has 34 heavy (non-hydrogen) atoms. The van der Waals surface area contributed by atoms with Crippen LogP contribution in [-0.2, 0) is 12.0 Å². The summed E-state index contributed by atoms with van der Waals surface area (Å²) in [7, 11) is 0. The molecule has 0 aliphatic carbocycles. The maximum Gasteiger partial charge on any atom is 0.290 e. The molecule has 0 fully saturated rings. The van der Waals surface area contributed by atoms with Crippen molar-refractivity contribution < 1.29 is 9.21 Å². The molecule has 0 N–H and O–H groups in total. The second kappa shape index (κ2) is 8.28. The monoisotopic (exact) mass is 455 g/mol. The molecule has 2 aromatic heterocycles. The number of nitrogens with zero attached hydrogens (tertiary/aromatic N) is 3. The van der Waals surface area contributed by atoms with Gasteiger partial charge in [-0.2, -0.15) is 0 Å². The van der Waals surface area contributed by atoms with E-state index in [1.54, 1.807) is 23.5 Å².